The van der Waals surface area contributed by atoms with Gasteiger partial charge in [-0.25, -0.2) is 4.79 Å². The van der Waals surface area contributed by atoms with Crippen LogP contribution in [-0.2, 0) is 11.0 Å². The van der Waals surface area contributed by atoms with E-state index in [1.165, 1.54) is 56.5 Å². The number of nitrogens with zero attached hydrogens (tertiary/aromatic N) is 3. The van der Waals surface area contributed by atoms with Gasteiger partial charge in [0, 0.05) is 16.8 Å². The van der Waals surface area contributed by atoms with Crippen LogP contribution in [0.4, 0.5) is 23.7 Å². The standard InChI is InChI=1S/C29H22F3N3O5/c1-17-25(27(38)20-10-12-23(40-2)13-11-20)26(19-8-6-18(15-33)7-9-19)34(16-24(36)37)28(39)35(17)22-5-3-4-21(14-22)29(30,31)32/h3-14,26H,16H2,1-2H3,(H,36,37). The Morgan fingerprint density at radius 2 is 1.70 bits per heavy atom. The zero-order valence-electron chi connectivity index (χ0n) is 21.3. The average molecular weight is 550 g/mol. The molecule has 0 spiro atoms. The molecule has 4 rings (SSSR count). The fourth-order valence-electron chi connectivity index (χ4n) is 4.56. The predicted octanol–water partition coefficient (Wildman–Crippen LogP) is 5.81. The molecule has 2 amide bonds. The highest BCUT2D eigenvalue weighted by Crippen LogP contribution is 2.42. The van der Waals surface area contributed by atoms with E-state index in [0.29, 0.717) is 16.9 Å². The number of carbonyl (C=O) groups is 3. The highest BCUT2D eigenvalue weighted by Gasteiger charge is 2.43. The maximum atomic E-state index is 14.0. The summed E-state index contributed by atoms with van der Waals surface area (Å²) in [5, 5.41) is 18.9. The molecule has 1 N–H and O–H groups in total. The van der Waals surface area contributed by atoms with Gasteiger partial charge < -0.3 is 14.7 Å². The van der Waals surface area contributed by atoms with E-state index in [-0.39, 0.29) is 22.5 Å². The van der Waals surface area contributed by atoms with Gasteiger partial charge >= 0.3 is 18.2 Å². The summed E-state index contributed by atoms with van der Waals surface area (Å²) in [4.78, 5) is 41.6. The number of halogens is 3. The minimum Gasteiger partial charge on any atom is -0.497 e. The number of carboxylic acids is 1. The Balaban J connectivity index is 1.99. The minimum atomic E-state index is -4.71. The van der Waals surface area contributed by atoms with Crippen LogP contribution in [-0.4, -0.2) is 41.4 Å². The van der Waals surface area contributed by atoms with Gasteiger partial charge in [-0.1, -0.05) is 18.2 Å². The quantitative estimate of drug-likeness (QED) is 0.373. The maximum absolute atomic E-state index is 14.0. The van der Waals surface area contributed by atoms with Gasteiger partial charge in [0.25, 0.3) is 0 Å². The number of urea groups is 1. The van der Waals surface area contributed by atoms with Crippen LogP contribution in [0.3, 0.4) is 0 Å². The third-order valence-corrected chi connectivity index (χ3v) is 6.44. The number of hydrogen-bond acceptors (Lipinski definition) is 5. The highest BCUT2D eigenvalue weighted by molar-refractivity contribution is 6.13. The summed E-state index contributed by atoms with van der Waals surface area (Å²) in [6.07, 6.45) is -4.71. The molecule has 1 aliphatic heterocycles. The van der Waals surface area contributed by atoms with E-state index in [9.17, 15) is 37.9 Å². The van der Waals surface area contributed by atoms with Gasteiger partial charge in [0.05, 0.1) is 36.0 Å². The number of Topliss-reactive ketones (excluding diaryl/α,β-unsaturated/α-hetero) is 1. The van der Waals surface area contributed by atoms with Crippen LogP contribution < -0.4 is 9.64 Å². The Kier molecular flexibility index (Phi) is 7.63. The molecule has 3 aromatic carbocycles. The van der Waals surface area contributed by atoms with Crippen molar-refractivity contribution in [2.75, 3.05) is 18.6 Å². The maximum Gasteiger partial charge on any atom is 0.416 e. The number of methoxy groups -OCH3 is 1. The molecule has 8 nitrogen and oxygen atoms in total. The smallest absolute Gasteiger partial charge is 0.416 e. The van der Waals surface area contributed by atoms with E-state index in [2.05, 4.69) is 0 Å². The normalized spacial score (nSPS) is 15.6. The van der Waals surface area contributed by atoms with E-state index in [1.54, 1.807) is 12.1 Å². The van der Waals surface area contributed by atoms with Gasteiger partial charge in [-0.15, -0.1) is 0 Å². The number of carbonyl (C=O) groups excluding carboxylic acids is 2. The van der Waals surface area contributed by atoms with E-state index in [1.807, 2.05) is 6.07 Å². The first-order valence-corrected chi connectivity index (χ1v) is 11.9. The van der Waals surface area contributed by atoms with Crippen LogP contribution in [0.25, 0.3) is 0 Å². The van der Waals surface area contributed by atoms with Crippen molar-refractivity contribution in [1.29, 1.82) is 5.26 Å². The second-order valence-corrected chi connectivity index (χ2v) is 8.88. The van der Waals surface area contributed by atoms with Gasteiger partial charge in [-0.2, -0.15) is 18.4 Å². The highest BCUT2D eigenvalue weighted by atomic mass is 19.4. The van der Waals surface area contributed by atoms with E-state index >= 15 is 0 Å². The number of amides is 2. The largest absolute Gasteiger partial charge is 0.497 e. The second kappa shape index (κ2) is 10.9. The van der Waals surface area contributed by atoms with Crippen LogP contribution in [0, 0.1) is 11.3 Å². The molecule has 11 heteroatoms. The molecule has 0 fully saturated rings. The van der Waals surface area contributed by atoms with Gasteiger partial charge in [0.1, 0.15) is 12.3 Å². The molecule has 204 valence electrons. The van der Waals surface area contributed by atoms with Crippen LogP contribution >= 0.6 is 0 Å². The number of ketones is 1. The number of nitriles is 1. The van der Waals surface area contributed by atoms with Crippen LogP contribution in [0.15, 0.2) is 84.1 Å². The Hall–Kier alpha value is -5.11. The predicted molar refractivity (Wildman–Crippen MR) is 138 cm³/mol. The van der Waals surface area contributed by atoms with Crippen LogP contribution in [0.2, 0.25) is 0 Å². The monoisotopic (exact) mass is 549 g/mol. The molecule has 0 bridgehead atoms. The van der Waals surface area contributed by atoms with Crippen LogP contribution in [0.1, 0.15) is 40.0 Å². The zero-order valence-corrected chi connectivity index (χ0v) is 21.3. The van der Waals surface area contributed by atoms with Crippen molar-refractivity contribution in [3.63, 3.8) is 0 Å². The molecule has 1 atom stereocenters. The first-order chi connectivity index (χ1) is 19.0. The summed E-state index contributed by atoms with van der Waals surface area (Å²) >= 11 is 0. The number of anilines is 1. The molecule has 40 heavy (non-hydrogen) atoms. The number of ether oxygens (including phenoxy) is 1. The number of rotatable bonds is 7. The molecule has 0 saturated carbocycles. The minimum absolute atomic E-state index is 0.0202. The molecule has 1 unspecified atom stereocenters. The lowest BCUT2D eigenvalue weighted by Gasteiger charge is -2.42. The molecule has 0 radical (unpaired) electrons. The Bertz CT molecular complexity index is 1540. The van der Waals surface area contributed by atoms with Crippen molar-refractivity contribution in [3.05, 3.63) is 106 Å². The Morgan fingerprint density at radius 1 is 1.05 bits per heavy atom. The van der Waals surface area contributed by atoms with Crippen molar-refractivity contribution in [2.45, 2.75) is 19.1 Å². The van der Waals surface area contributed by atoms with Crippen molar-refractivity contribution >= 4 is 23.5 Å². The van der Waals surface area contributed by atoms with E-state index in [0.717, 1.165) is 28.0 Å². The lowest BCUT2D eigenvalue weighted by molar-refractivity contribution is -0.138. The summed E-state index contributed by atoms with van der Waals surface area (Å²) in [6, 6.07) is 15.8. The van der Waals surface area contributed by atoms with Gasteiger partial charge in [0.2, 0.25) is 0 Å². The second-order valence-electron chi connectivity index (χ2n) is 8.88. The van der Waals surface area contributed by atoms with Crippen molar-refractivity contribution in [3.8, 4) is 11.8 Å². The summed E-state index contributed by atoms with van der Waals surface area (Å²) < 4.78 is 45.7. The van der Waals surface area contributed by atoms with Crippen molar-refractivity contribution < 1.29 is 37.4 Å². The summed E-state index contributed by atoms with van der Waals surface area (Å²) in [6.45, 7) is 0.565. The van der Waals surface area contributed by atoms with Crippen LogP contribution in [0.5, 0.6) is 5.75 Å². The molecule has 0 aliphatic carbocycles. The summed E-state index contributed by atoms with van der Waals surface area (Å²) in [7, 11) is 1.45. The number of alkyl halides is 3. The topological polar surface area (TPSA) is 111 Å². The number of hydrogen-bond donors (Lipinski definition) is 1. The van der Waals surface area contributed by atoms with E-state index in [4.69, 9.17) is 4.74 Å². The average Bonchev–Trinajstić information content (AvgIpc) is 2.93. The number of carboxylic acid groups (broad SMARTS) is 1. The molecule has 1 aliphatic rings. The summed E-state index contributed by atoms with van der Waals surface area (Å²) in [5.74, 6) is -1.50. The molecule has 0 aromatic heterocycles. The third kappa shape index (κ3) is 5.37. The number of benzene rings is 3. The molecule has 1 heterocycles. The van der Waals surface area contributed by atoms with Crippen molar-refractivity contribution in [2.24, 2.45) is 0 Å². The lowest BCUT2D eigenvalue weighted by Crippen LogP contribution is -2.52. The SMILES string of the molecule is COc1ccc(C(=O)C2=C(C)N(c3cccc(C(F)(F)F)c3)C(=O)N(CC(=O)O)C2c2ccc(C#N)cc2)cc1. The molecule has 0 saturated heterocycles. The number of allylic oxidation sites excluding steroid dienone is 1. The molecule has 3 aromatic rings. The Morgan fingerprint density at radius 3 is 2.25 bits per heavy atom. The van der Waals surface area contributed by atoms with Gasteiger partial charge in [-0.05, 0) is 67.1 Å². The first-order valence-electron chi connectivity index (χ1n) is 11.9. The van der Waals surface area contributed by atoms with Gasteiger partial charge in [-0.3, -0.25) is 14.5 Å². The van der Waals surface area contributed by atoms with Crippen molar-refractivity contribution in [1.82, 2.24) is 4.90 Å². The molecular formula is C29H22F3N3O5. The zero-order chi connectivity index (χ0) is 29.2. The van der Waals surface area contributed by atoms with E-state index < -0.39 is 42.1 Å². The fraction of sp³-hybridized carbons (Fsp3) is 0.172. The number of aliphatic carboxylic acids is 1. The first kappa shape index (κ1) is 27.9. The molecular weight excluding hydrogens is 527 g/mol. The third-order valence-electron chi connectivity index (χ3n) is 6.44. The fourth-order valence-corrected chi connectivity index (χ4v) is 4.56. The van der Waals surface area contributed by atoms with Gasteiger partial charge in [0.15, 0.2) is 5.78 Å². The lowest BCUT2D eigenvalue weighted by atomic mass is 9.87. The summed E-state index contributed by atoms with van der Waals surface area (Å²) in [5.41, 5.74) is -0.381. The Labute approximate surface area is 227 Å².